The first-order valence-electron chi connectivity index (χ1n) is 9.88. The van der Waals surface area contributed by atoms with E-state index in [-0.39, 0.29) is 12.5 Å². The number of hydrogen-bond donors (Lipinski definition) is 1. The molecule has 5 heteroatoms. The lowest BCUT2D eigenvalue weighted by atomic mass is 9.80. The molecule has 2 unspecified atom stereocenters. The van der Waals surface area contributed by atoms with Crippen molar-refractivity contribution < 1.29 is 9.59 Å². The van der Waals surface area contributed by atoms with Crippen molar-refractivity contribution in [2.45, 2.75) is 56.7 Å². The summed E-state index contributed by atoms with van der Waals surface area (Å²) in [5.41, 5.74) is 7.68. The molecule has 2 amide bonds. The highest BCUT2D eigenvalue weighted by Crippen LogP contribution is 2.39. The monoisotopic (exact) mass is 353 g/mol. The van der Waals surface area contributed by atoms with Crippen LogP contribution in [0, 0.1) is 5.92 Å². The Morgan fingerprint density at radius 1 is 1.15 bits per heavy atom. The number of nitrogens with one attached hydrogen (secondary N) is 1. The van der Waals surface area contributed by atoms with E-state index in [1.165, 1.54) is 31.3 Å². The van der Waals surface area contributed by atoms with Gasteiger partial charge in [0.2, 0.25) is 12.3 Å². The van der Waals surface area contributed by atoms with Crippen LogP contribution in [0.5, 0.6) is 0 Å². The Kier molecular flexibility index (Phi) is 5.12. The fourth-order valence-corrected chi connectivity index (χ4v) is 5.34. The van der Waals surface area contributed by atoms with E-state index in [4.69, 9.17) is 0 Å². The Bertz CT molecular complexity index is 692. The van der Waals surface area contributed by atoms with E-state index in [2.05, 4.69) is 33.8 Å². The quantitative estimate of drug-likeness (QED) is 0.605. The number of nitrogens with zero attached hydrogens (tertiary/aromatic N) is 2. The fourth-order valence-electron chi connectivity index (χ4n) is 5.34. The van der Waals surface area contributed by atoms with E-state index in [1.807, 2.05) is 11.0 Å². The zero-order valence-corrected chi connectivity index (χ0v) is 15.2. The molecule has 138 valence electrons. The number of likely N-dealkylation sites (tertiary alicyclic amines) is 2. The molecule has 2 atom stereocenters. The second-order valence-corrected chi connectivity index (χ2v) is 7.79. The number of carbonyl (C=O) groups is 2. The Balaban J connectivity index is 1.34. The predicted octanol–water partition coefficient (Wildman–Crippen LogP) is 1.77. The van der Waals surface area contributed by atoms with Gasteiger partial charge in [-0.15, -0.1) is 0 Å². The number of hydrogen-bond acceptors (Lipinski definition) is 3. The number of carbonyl (C=O) groups excluding carboxylic acids is 2. The van der Waals surface area contributed by atoms with Gasteiger partial charge < -0.3 is 10.2 Å². The lowest BCUT2D eigenvalue weighted by Crippen LogP contribution is -2.45. The average molecular weight is 353 g/mol. The van der Waals surface area contributed by atoms with Crippen molar-refractivity contribution in [3.8, 4) is 0 Å². The molecule has 26 heavy (non-hydrogen) atoms. The van der Waals surface area contributed by atoms with Crippen LogP contribution in [-0.2, 0) is 9.59 Å². The van der Waals surface area contributed by atoms with E-state index in [1.54, 1.807) is 0 Å². The third-order valence-electron chi connectivity index (χ3n) is 6.55. The molecule has 2 saturated heterocycles. The van der Waals surface area contributed by atoms with Gasteiger partial charge in [0.15, 0.2) is 0 Å². The van der Waals surface area contributed by atoms with E-state index < -0.39 is 0 Å². The van der Waals surface area contributed by atoms with Gasteiger partial charge in [0.1, 0.15) is 0 Å². The summed E-state index contributed by atoms with van der Waals surface area (Å²) in [6.45, 7) is 2.05. The van der Waals surface area contributed by atoms with Gasteiger partial charge in [-0.05, 0) is 56.6 Å². The maximum absolute atomic E-state index is 12.3. The van der Waals surface area contributed by atoms with Crippen LogP contribution in [0.4, 0.5) is 0 Å². The molecular formula is C21H27N3O2. The van der Waals surface area contributed by atoms with Crippen LogP contribution < -0.4 is 5.32 Å². The van der Waals surface area contributed by atoms with Crippen LogP contribution in [0.1, 0.15) is 38.5 Å². The molecule has 1 saturated carbocycles. The minimum absolute atomic E-state index is 0.0611. The van der Waals surface area contributed by atoms with Crippen molar-refractivity contribution in [3.05, 3.63) is 35.3 Å². The molecule has 4 aliphatic rings. The van der Waals surface area contributed by atoms with Crippen molar-refractivity contribution >= 4 is 12.3 Å². The smallest absolute Gasteiger partial charge is 0.242 e. The Hall–Kier alpha value is -2.06. The molecule has 3 fully saturated rings. The van der Waals surface area contributed by atoms with Crippen LogP contribution in [0.3, 0.4) is 0 Å². The van der Waals surface area contributed by atoms with Gasteiger partial charge >= 0.3 is 0 Å². The first-order valence-corrected chi connectivity index (χ1v) is 9.88. The number of amides is 2. The maximum Gasteiger partial charge on any atom is 0.242 e. The molecule has 0 aromatic carbocycles. The first kappa shape index (κ1) is 17.4. The topological polar surface area (TPSA) is 52.7 Å². The molecule has 0 aromatic rings. The highest BCUT2D eigenvalue weighted by atomic mass is 16.2. The van der Waals surface area contributed by atoms with Crippen molar-refractivity contribution in [1.82, 2.24) is 15.1 Å². The molecule has 1 N–H and O–H groups in total. The summed E-state index contributed by atoms with van der Waals surface area (Å²) in [5.74, 6) is 0.684. The summed E-state index contributed by atoms with van der Waals surface area (Å²) in [4.78, 5) is 27.4. The van der Waals surface area contributed by atoms with Crippen LogP contribution >= 0.6 is 0 Å². The number of allylic oxidation sites excluding steroid dienone is 4. The van der Waals surface area contributed by atoms with Gasteiger partial charge in [0.25, 0.3) is 0 Å². The summed E-state index contributed by atoms with van der Waals surface area (Å²) in [6, 6.07) is 1.50. The van der Waals surface area contributed by atoms with E-state index in [9.17, 15) is 9.59 Å². The fraction of sp³-hybridized carbons (Fsp3) is 0.619. The molecule has 4 rings (SSSR count). The molecule has 2 heterocycles. The van der Waals surface area contributed by atoms with Gasteiger partial charge in [-0.2, -0.15) is 0 Å². The normalized spacial score (nSPS) is 33.2. The molecule has 0 aromatic heterocycles. The number of rotatable bonds is 5. The molecule has 0 spiro atoms. The predicted molar refractivity (Wildman–Crippen MR) is 99.3 cm³/mol. The minimum Gasteiger partial charge on any atom is -0.350 e. The summed E-state index contributed by atoms with van der Waals surface area (Å²) in [7, 11) is 0. The van der Waals surface area contributed by atoms with Crippen LogP contribution in [0.2, 0.25) is 0 Å². The second kappa shape index (κ2) is 7.67. The lowest BCUT2D eigenvalue weighted by molar-refractivity contribution is -0.132. The average Bonchev–Trinajstić information content (AvgIpc) is 3.29. The highest BCUT2D eigenvalue weighted by Gasteiger charge is 2.46. The van der Waals surface area contributed by atoms with Crippen LogP contribution in [0.25, 0.3) is 0 Å². The summed E-state index contributed by atoms with van der Waals surface area (Å²) < 4.78 is 0. The summed E-state index contributed by atoms with van der Waals surface area (Å²) >= 11 is 0. The van der Waals surface area contributed by atoms with Crippen molar-refractivity contribution in [2.75, 3.05) is 19.6 Å². The molecule has 0 bridgehead atoms. The SMILES string of the molecule is O=CNCC(=O)N1CCC2C1CCN2C1CCC(C2=C=C=CC=C2)CC1. The molecule has 5 nitrogen and oxygen atoms in total. The van der Waals surface area contributed by atoms with Gasteiger partial charge in [-0.1, -0.05) is 17.5 Å². The highest BCUT2D eigenvalue weighted by molar-refractivity contribution is 5.80. The second-order valence-electron chi connectivity index (χ2n) is 7.79. The molecule has 2 aliphatic carbocycles. The standard InChI is InChI=1S/C21H27N3O2/c25-15-22-14-21(26)24-13-11-19-20(24)10-12-23(19)18-8-6-17(7-9-18)16-4-2-1-3-5-16/h1-2,4,15,17-20H,6-14H2,(H,22,25). The summed E-state index contributed by atoms with van der Waals surface area (Å²) in [5, 5.41) is 2.51. The largest absolute Gasteiger partial charge is 0.350 e. The van der Waals surface area contributed by atoms with Crippen molar-refractivity contribution in [3.63, 3.8) is 0 Å². The molecule has 0 radical (unpaired) electrons. The van der Waals surface area contributed by atoms with Crippen LogP contribution in [0.15, 0.2) is 35.3 Å². The third-order valence-corrected chi connectivity index (χ3v) is 6.55. The first-order chi connectivity index (χ1) is 12.8. The number of fused-ring (bicyclic) bond motifs is 1. The summed E-state index contributed by atoms with van der Waals surface area (Å²) in [6.07, 6.45) is 13.8. The Morgan fingerprint density at radius 3 is 2.69 bits per heavy atom. The van der Waals surface area contributed by atoms with E-state index in [0.717, 1.165) is 25.9 Å². The van der Waals surface area contributed by atoms with Gasteiger partial charge in [0.05, 0.1) is 6.54 Å². The third kappa shape index (κ3) is 3.31. The Morgan fingerprint density at radius 2 is 1.96 bits per heavy atom. The lowest BCUT2D eigenvalue weighted by Gasteiger charge is -2.37. The van der Waals surface area contributed by atoms with Crippen molar-refractivity contribution in [2.24, 2.45) is 5.92 Å². The van der Waals surface area contributed by atoms with E-state index in [0.29, 0.717) is 30.5 Å². The molecular weight excluding hydrogens is 326 g/mol. The van der Waals surface area contributed by atoms with E-state index >= 15 is 0 Å². The molecule has 2 aliphatic heterocycles. The Labute approximate surface area is 155 Å². The van der Waals surface area contributed by atoms with Gasteiger partial charge in [0, 0.05) is 36.8 Å². The van der Waals surface area contributed by atoms with Gasteiger partial charge in [-0.3, -0.25) is 14.5 Å². The zero-order chi connectivity index (χ0) is 17.9. The maximum atomic E-state index is 12.3. The zero-order valence-electron chi connectivity index (χ0n) is 15.2. The van der Waals surface area contributed by atoms with Gasteiger partial charge in [-0.25, -0.2) is 0 Å². The minimum atomic E-state index is 0.0611. The van der Waals surface area contributed by atoms with Crippen LogP contribution in [-0.4, -0.2) is 59.9 Å². The van der Waals surface area contributed by atoms with Crippen molar-refractivity contribution in [1.29, 1.82) is 0 Å².